The lowest BCUT2D eigenvalue weighted by Gasteiger charge is -2.05. The molecule has 22 heavy (non-hydrogen) atoms. The fraction of sp³-hybridized carbons (Fsp3) is 0.235. The average Bonchev–Trinajstić information content (AvgIpc) is 3.24. The van der Waals surface area contributed by atoms with Crippen molar-refractivity contribution in [2.45, 2.75) is 23.0 Å². The fourth-order valence-electron chi connectivity index (χ4n) is 2.85. The van der Waals surface area contributed by atoms with Gasteiger partial charge in [-0.15, -0.1) is 0 Å². The van der Waals surface area contributed by atoms with Gasteiger partial charge in [0.25, 0.3) is 0 Å². The number of hydrogen-bond donors (Lipinski definition) is 0. The first kappa shape index (κ1) is 14.9. The maximum Gasteiger partial charge on any atom is 0.182 e. The summed E-state index contributed by atoms with van der Waals surface area (Å²) in [5.41, 5.74) is 1.65. The molecule has 3 atom stereocenters. The van der Waals surface area contributed by atoms with Crippen LogP contribution in [-0.4, -0.2) is 20.0 Å². The summed E-state index contributed by atoms with van der Waals surface area (Å²) in [6.07, 6.45) is 0.685. The zero-order chi connectivity index (χ0) is 15.9. The molecule has 1 aliphatic carbocycles. The van der Waals surface area contributed by atoms with Crippen molar-refractivity contribution in [1.82, 2.24) is 0 Å². The Hall–Kier alpha value is -2.01. The predicted molar refractivity (Wildman–Crippen MR) is 80.8 cm³/mol. The van der Waals surface area contributed by atoms with Gasteiger partial charge in [0.2, 0.25) is 0 Å². The van der Waals surface area contributed by atoms with E-state index in [1.807, 2.05) is 6.92 Å². The Morgan fingerprint density at radius 3 is 2.14 bits per heavy atom. The highest BCUT2D eigenvalue weighted by Gasteiger charge is 2.58. The second kappa shape index (κ2) is 5.32. The largest absolute Gasteiger partial charge is 0.303 e. The van der Waals surface area contributed by atoms with Crippen LogP contribution < -0.4 is 0 Å². The Balaban J connectivity index is 1.95. The molecular formula is C17H15FO3S. The molecule has 0 spiro atoms. The third-order valence-electron chi connectivity index (χ3n) is 4.13. The van der Waals surface area contributed by atoms with E-state index in [4.69, 9.17) is 0 Å². The molecule has 0 amide bonds. The van der Waals surface area contributed by atoms with Crippen molar-refractivity contribution in [3.8, 4) is 0 Å². The lowest BCUT2D eigenvalue weighted by Crippen LogP contribution is -2.11. The van der Waals surface area contributed by atoms with Crippen LogP contribution in [0.2, 0.25) is 0 Å². The number of halogens is 1. The lowest BCUT2D eigenvalue weighted by molar-refractivity contribution is -0.108. The minimum atomic E-state index is -3.58. The van der Waals surface area contributed by atoms with Crippen LogP contribution in [0.15, 0.2) is 53.4 Å². The van der Waals surface area contributed by atoms with E-state index in [9.17, 15) is 17.6 Å². The van der Waals surface area contributed by atoms with Crippen molar-refractivity contribution in [2.24, 2.45) is 5.92 Å². The van der Waals surface area contributed by atoms with Gasteiger partial charge in [-0.2, -0.15) is 0 Å². The highest BCUT2D eigenvalue weighted by Crippen LogP contribution is 2.52. The summed E-state index contributed by atoms with van der Waals surface area (Å²) in [6, 6.07) is 12.2. The standard InChI is InChI=1S/C17H15FO3S/c1-11-2-8-14(9-3-11)22(20,21)17-15(10-19)16(17)12-4-6-13(18)7-5-12/h2-10,15-17H,1H3. The predicted octanol–water partition coefficient (Wildman–Crippen LogP) is 2.89. The van der Waals surface area contributed by atoms with E-state index < -0.39 is 26.9 Å². The number of rotatable bonds is 4. The van der Waals surface area contributed by atoms with Crippen LogP contribution in [0.25, 0.3) is 0 Å². The fourth-order valence-corrected chi connectivity index (χ4v) is 4.96. The summed E-state index contributed by atoms with van der Waals surface area (Å²) in [6.45, 7) is 1.88. The van der Waals surface area contributed by atoms with Crippen LogP contribution in [0.5, 0.6) is 0 Å². The first-order chi connectivity index (χ1) is 10.4. The van der Waals surface area contributed by atoms with Crippen LogP contribution in [0, 0.1) is 18.7 Å². The summed E-state index contributed by atoms with van der Waals surface area (Å²) in [5, 5.41) is -0.766. The van der Waals surface area contributed by atoms with Gasteiger partial charge in [0, 0.05) is 11.8 Å². The number of benzene rings is 2. The normalized spacial score (nSPS) is 24.0. The van der Waals surface area contributed by atoms with Gasteiger partial charge in [-0.3, -0.25) is 0 Å². The number of aldehydes is 1. The van der Waals surface area contributed by atoms with Gasteiger partial charge in [0.1, 0.15) is 12.1 Å². The quantitative estimate of drug-likeness (QED) is 0.815. The van der Waals surface area contributed by atoms with E-state index in [-0.39, 0.29) is 10.7 Å². The summed E-state index contributed by atoms with van der Waals surface area (Å²) in [4.78, 5) is 11.4. The van der Waals surface area contributed by atoms with Crippen molar-refractivity contribution in [1.29, 1.82) is 0 Å². The van der Waals surface area contributed by atoms with Gasteiger partial charge in [-0.05, 0) is 36.8 Å². The molecule has 0 heterocycles. The van der Waals surface area contributed by atoms with E-state index in [2.05, 4.69) is 0 Å². The molecule has 5 heteroatoms. The summed E-state index contributed by atoms with van der Waals surface area (Å²) < 4.78 is 38.4. The molecule has 0 radical (unpaired) electrons. The smallest absolute Gasteiger partial charge is 0.182 e. The third-order valence-corrected chi connectivity index (χ3v) is 6.38. The Morgan fingerprint density at radius 2 is 1.59 bits per heavy atom. The third kappa shape index (κ3) is 2.46. The Morgan fingerprint density at radius 1 is 1.00 bits per heavy atom. The highest BCUT2D eigenvalue weighted by atomic mass is 32.2. The van der Waals surface area contributed by atoms with Crippen LogP contribution in [-0.2, 0) is 14.6 Å². The highest BCUT2D eigenvalue weighted by molar-refractivity contribution is 7.92. The first-order valence-electron chi connectivity index (χ1n) is 6.96. The Bertz CT molecular complexity index is 795. The molecule has 2 aromatic rings. The molecule has 1 fully saturated rings. The first-order valence-corrected chi connectivity index (χ1v) is 8.51. The zero-order valence-corrected chi connectivity index (χ0v) is 12.8. The molecular weight excluding hydrogens is 303 g/mol. The second-order valence-corrected chi connectivity index (χ2v) is 7.72. The Kier molecular flexibility index (Phi) is 3.60. The molecule has 0 saturated heterocycles. The average molecular weight is 318 g/mol. The maximum atomic E-state index is 13.0. The van der Waals surface area contributed by atoms with Gasteiger partial charge in [-0.1, -0.05) is 29.8 Å². The molecule has 1 saturated carbocycles. The van der Waals surface area contributed by atoms with Gasteiger partial charge >= 0.3 is 0 Å². The minimum Gasteiger partial charge on any atom is -0.303 e. The maximum absolute atomic E-state index is 13.0. The molecule has 0 bridgehead atoms. The minimum absolute atomic E-state index is 0.222. The number of sulfone groups is 1. The number of carbonyl (C=O) groups is 1. The molecule has 0 aromatic heterocycles. The summed E-state index contributed by atoms with van der Waals surface area (Å²) in [7, 11) is -3.58. The summed E-state index contributed by atoms with van der Waals surface area (Å²) >= 11 is 0. The topological polar surface area (TPSA) is 51.2 Å². The van der Waals surface area contributed by atoms with Crippen molar-refractivity contribution >= 4 is 16.1 Å². The van der Waals surface area contributed by atoms with Crippen molar-refractivity contribution < 1.29 is 17.6 Å². The van der Waals surface area contributed by atoms with Gasteiger partial charge in [0.05, 0.1) is 10.1 Å². The molecule has 3 unspecified atom stereocenters. The van der Waals surface area contributed by atoms with Gasteiger partial charge in [0.15, 0.2) is 9.84 Å². The van der Waals surface area contributed by atoms with Crippen LogP contribution in [0.3, 0.4) is 0 Å². The van der Waals surface area contributed by atoms with Crippen molar-refractivity contribution in [3.63, 3.8) is 0 Å². The van der Waals surface area contributed by atoms with Crippen LogP contribution in [0.4, 0.5) is 4.39 Å². The molecule has 0 N–H and O–H groups in total. The van der Waals surface area contributed by atoms with Crippen LogP contribution >= 0.6 is 0 Å². The Labute approximate surface area is 128 Å². The second-order valence-electron chi connectivity index (χ2n) is 5.61. The molecule has 3 nitrogen and oxygen atoms in total. The molecule has 114 valence electrons. The summed E-state index contributed by atoms with van der Waals surface area (Å²) in [5.74, 6) is -1.36. The number of aryl methyl sites for hydroxylation is 1. The lowest BCUT2D eigenvalue weighted by atomic mass is 10.1. The van der Waals surface area contributed by atoms with E-state index in [0.717, 1.165) is 5.56 Å². The molecule has 0 aliphatic heterocycles. The molecule has 3 rings (SSSR count). The SMILES string of the molecule is Cc1ccc(S(=O)(=O)C2C(C=O)C2c2ccc(F)cc2)cc1. The van der Waals surface area contributed by atoms with Crippen molar-refractivity contribution in [2.75, 3.05) is 0 Å². The molecule has 1 aliphatic rings. The van der Waals surface area contributed by atoms with E-state index in [1.165, 1.54) is 12.1 Å². The van der Waals surface area contributed by atoms with Crippen LogP contribution in [0.1, 0.15) is 17.0 Å². The molecule has 2 aromatic carbocycles. The van der Waals surface area contributed by atoms with Crippen molar-refractivity contribution in [3.05, 3.63) is 65.5 Å². The van der Waals surface area contributed by atoms with Gasteiger partial charge < -0.3 is 4.79 Å². The van der Waals surface area contributed by atoms with E-state index in [0.29, 0.717) is 11.8 Å². The monoisotopic (exact) mass is 318 g/mol. The van der Waals surface area contributed by atoms with Gasteiger partial charge in [-0.25, -0.2) is 12.8 Å². The van der Waals surface area contributed by atoms with E-state index >= 15 is 0 Å². The number of carbonyl (C=O) groups excluding carboxylic acids is 1. The van der Waals surface area contributed by atoms with E-state index in [1.54, 1.807) is 36.4 Å². The zero-order valence-electron chi connectivity index (χ0n) is 11.9. The number of hydrogen-bond acceptors (Lipinski definition) is 3.